The fourth-order valence-electron chi connectivity index (χ4n) is 2.38. The van der Waals surface area contributed by atoms with E-state index in [2.05, 4.69) is 5.32 Å². The van der Waals surface area contributed by atoms with Gasteiger partial charge in [0.25, 0.3) is 5.91 Å². The second kappa shape index (κ2) is 4.97. The van der Waals surface area contributed by atoms with Crippen LogP contribution in [0.1, 0.15) is 10.4 Å². The number of benzene rings is 3. The van der Waals surface area contributed by atoms with Crippen LogP contribution in [-0.2, 0) is 0 Å². The van der Waals surface area contributed by atoms with Gasteiger partial charge in [0.1, 0.15) is 0 Å². The Kier molecular flexibility index (Phi) is 3.28. The van der Waals surface area contributed by atoms with Gasteiger partial charge < -0.3 is 5.32 Å². The number of carbonyl (C=O) groups excluding carboxylic acids is 1. The predicted molar refractivity (Wildman–Crippen MR) is 84.9 cm³/mol. The minimum absolute atomic E-state index is 0.238. The van der Waals surface area contributed by atoms with Crippen LogP contribution < -0.4 is 5.32 Å². The summed E-state index contributed by atoms with van der Waals surface area (Å²) in [5.74, 6) is -0.238. The molecule has 0 saturated heterocycles. The summed E-state index contributed by atoms with van der Waals surface area (Å²) < 4.78 is 0. The summed E-state index contributed by atoms with van der Waals surface area (Å²) in [7, 11) is 1.58. The Morgan fingerprint density at radius 2 is 1.65 bits per heavy atom. The van der Waals surface area contributed by atoms with E-state index in [-0.39, 0.29) is 10.9 Å². The van der Waals surface area contributed by atoms with Crippen LogP contribution in [-0.4, -0.2) is 13.0 Å². The normalized spacial score (nSPS) is 10.9. The highest BCUT2D eigenvalue weighted by molar-refractivity contribution is 6.45. The van der Waals surface area contributed by atoms with Gasteiger partial charge in [-0.2, -0.15) is 0 Å². The lowest BCUT2D eigenvalue weighted by atomic mass is 9.99. The molecule has 0 spiro atoms. The van der Waals surface area contributed by atoms with Gasteiger partial charge in [0, 0.05) is 7.05 Å². The standard InChI is InChI=1S/C16H11Cl2NO/c1-19-16(20)14-12-7-10-5-3-2-4-9(10)6-11(12)8-13(17)15(14)18/h2-8H,1H3,(H,19,20). The molecule has 20 heavy (non-hydrogen) atoms. The van der Waals surface area contributed by atoms with Crippen molar-refractivity contribution < 1.29 is 4.79 Å². The highest BCUT2D eigenvalue weighted by Crippen LogP contribution is 2.35. The van der Waals surface area contributed by atoms with Crippen LogP contribution in [0.2, 0.25) is 10.0 Å². The third-order valence-corrected chi connectivity index (χ3v) is 4.14. The first-order valence-electron chi connectivity index (χ1n) is 6.14. The molecule has 100 valence electrons. The van der Waals surface area contributed by atoms with E-state index in [4.69, 9.17) is 23.2 Å². The molecule has 0 aliphatic rings. The summed E-state index contributed by atoms with van der Waals surface area (Å²) in [6, 6.07) is 13.7. The average molecular weight is 304 g/mol. The SMILES string of the molecule is CNC(=O)c1c(Cl)c(Cl)cc2cc3ccccc3cc12. The summed E-state index contributed by atoms with van der Waals surface area (Å²) in [5, 5.41) is 7.14. The van der Waals surface area contributed by atoms with Crippen LogP contribution >= 0.6 is 23.2 Å². The summed E-state index contributed by atoms with van der Waals surface area (Å²) in [4.78, 5) is 12.1. The van der Waals surface area contributed by atoms with Gasteiger partial charge in [-0.05, 0) is 39.7 Å². The Hall–Kier alpha value is -1.77. The van der Waals surface area contributed by atoms with Crippen molar-refractivity contribution in [3.63, 3.8) is 0 Å². The molecule has 4 heteroatoms. The minimum atomic E-state index is -0.238. The number of halogens is 2. The number of fused-ring (bicyclic) bond motifs is 2. The van der Waals surface area contributed by atoms with E-state index >= 15 is 0 Å². The van der Waals surface area contributed by atoms with Gasteiger partial charge in [0.2, 0.25) is 0 Å². The van der Waals surface area contributed by atoms with Crippen molar-refractivity contribution in [1.82, 2.24) is 5.32 Å². The molecule has 3 aromatic rings. The second-order valence-corrected chi connectivity index (χ2v) is 5.33. The largest absolute Gasteiger partial charge is 0.355 e. The van der Waals surface area contributed by atoms with Crippen LogP contribution in [0.5, 0.6) is 0 Å². The zero-order chi connectivity index (χ0) is 14.3. The zero-order valence-corrected chi connectivity index (χ0v) is 12.2. The first kappa shape index (κ1) is 13.2. The van der Waals surface area contributed by atoms with Gasteiger partial charge in [-0.3, -0.25) is 4.79 Å². The second-order valence-electron chi connectivity index (χ2n) is 4.55. The Balaban J connectivity index is 2.48. The Morgan fingerprint density at radius 3 is 2.30 bits per heavy atom. The Bertz CT molecular complexity index is 843. The molecule has 0 aromatic heterocycles. The van der Waals surface area contributed by atoms with Crippen molar-refractivity contribution in [3.05, 3.63) is 58.1 Å². The molecule has 2 nitrogen and oxygen atoms in total. The molecule has 3 aromatic carbocycles. The van der Waals surface area contributed by atoms with Crippen LogP contribution in [0.15, 0.2) is 42.5 Å². The van der Waals surface area contributed by atoms with Gasteiger partial charge in [0.05, 0.1) is 15.6 Å². The molecule has 0 heterocycles. The fraction of sp³-hybridized carbons (Fsp3) is 0.0625. The van der Waals surface area contributed by atoms with Gasteiger partial charge in [-0.15, -0.1) is 0 Å². The number of carbonyl (C=O) groups is 1. The number of nitrogens with one attached hydrogen (secondary N) is 1. The van der Waals surface area contributed by atoms with Gasteiger partial charge in [0.15, 0.2) is 0 Å². The minimum Gasteiger partial charge on any atom is -0.355 e. The third kappa shape index (κ3) is 2.01. The molecule has 1 amide bonds. The third-order valence-electron chi connectivity index (χ3n) is 3.35. The van der Waals surface area contributed by atoms with E-state index < -0.39 is 0 Å². The molecule has 0 aliphatic heterocycles. The number of hydrogen-bond acceptors (Lipinski definition) is 1. The Labute approximate surface area is 126 Å². The topological polar surface area (TPSA) is 29.1 Å². The van der Waals surface area contributed by atoms with E-state index in [0.717, 1.165) is 21.5 Å². The maximum absolute atomic E-state index is 12.1. The summed E-state index contributed by atoms with van der Waals surface area (Å²) in [6.45, 7) is 0. The van der Waals surface area contributed by atoms with Crippen molar-refractivity contribution in [2.75, 3.05) is 7.05 Å². The van der Waals surface area contributed by atoms with Crippen molar-refractivity contribution in [1.29, 1.82) is 0 Å². The molecule has 0 radical (unpaired) electrons. The van der Waals surface area contributed by atoms with E-state index in [1.54, 1.807) is 13.1 Å². The first-order chi connectivity index (χ1) is 9.61. The van der Waals surface area contributed by atoms with Crippen molar-refractivity contribution >= 4 is 50.7 Å². The van der Waals surface area contributed by atoms with Crippen molar-refractivity contribution in [2.24, 2.45) is 0 Å². The molecule has 0 aliphatic carbocycles. The molecule has 0 fully saturated rings. The lowest BCUT2D eigenvalue weighted by Gasteiger charge is -2.11. The number of hydrogen-bond donors (Lipinski definition) is 1. The lowest BCUT2D eigenvalue weighted by Crippen LogP contribution is -2.18. The van der Waals surface area contributed by atoms with E-state index in [1.807, 2.05) is 36.4 Å². The molecule has 0 atom stereocenters. The van der Waals surface area contributed by atoms with Crippen LogP contribution in [0, 0.1) is 0 Å². The zero-order valence-electron chi connectivity index (χ0n) is 10.7. The maximum Gasteiger partial charge on any atom is 0.253 e. The predicted octanol–water partition coefficient (Wildman–Crippen LogP) is 4.66. The fourth-order valence-corrected chi connectivity index (χ4v) is 2.83. The summed E-state index contributed by atoms with van der Waals surface area (Å²) in [5.41, 5.74) is 0.419. The maximum atomic E-state index is 12.1. The van der Waals surface area contributed by atoms with E-state index in [0.29, 0.717) is 10.6 Å². The van der Waals surface area contributed by atoms with Gasteiger partial charge in [-0.1, -0.05) is 47.5 Å². The van der Waals surface area contributed by atoms with Gasteiger partial charge in [-0.25, -0.2) is 0 Å². The lowest BCUT2D eigenvalue weighted by molar-refractivity contribution is 0.0965. The van der Waals surface area contributed by atoms with Gasteiger partial charge >= 0.3 is 0 Å². The quantitative estimate of drug-likeness (QED) is 0.651. The highest BCUT2D eigenvalue weighted by atomic mass is 35.5. The Morgan fingerprint density at radius 1 is 1.00 bits per heavy atom. The molecular weight excluding hydrogens is 293 g/mol. The molecular formula is C16H11Cl2NO. The van der Waals surface area contributed by atoms with E-state index in [9.17, 15) is 4.79 Å². The monoisotopic (exact) mass is 303 g/mol. The van der Waals surface area contributed by atoms with Crippen LogP contribution in [0.4, 0.5) is 0 Å². The number of rotatable bonds is 1. The highest BCUT2D eigenvalue weighted by Gasteiger charge is 2.17. The van der Waals surface area contributed by atoms with Crippen molar-refractivity contribution in [3.8, 4) is 0 Å². The summed E-state index contributed by atoms with van der Waals surface area (Å²) >= 11 is 12.3. The summed E-state index contributed by atoms with van der Waals surface area (Å²) in [6.07, 6.45) is 0. The first-order valence-corrected chi connectivity index (χ1v) is 6.90. The molecule has 0 unspecified atom stereocenters. The molecule has 3 rings (SSSR count). The van der Waals surface area contributed by atoms with Crippen LogP contribution in [0.25, 0.3) is 21.5 Å². The smallest absolute Gasteiger partial charge is 0.253 e. The number of amides is 1. The molecule has 0 saturated carbocycles. The molecule has 1 N–H and O–H groups in total. The average Bonchev–Trinajstić information content (AvgIpc) is 2.46. The van der Waals surface area contributed by atoms with Crippen molar-refractivity contribution in [2.45, 2.75) is 0 Å². The van der Waals surface area contributed by atoms with Crippen LogP contribution in [0.3, 0.4) is 0 Å². The van der Waals surface area contributed by atoms with E-state index in [1.165, 1.54) is 0 Å². The molecule has 0 bridgehead atoms.